The van der Waals surface area contributed by atoms with Crippen LogP contribution in [0.1, 0.15) is 57.4 Å². The van der Waals surface area contributed by atoms with Crippen molar-refractivity contribution in [2.75, 3.05) is 26.8 Å². The number of thiazole rings is 1. The molecule has 0 spiro atoms. The molecule has 9 nitrogen and oxygen atoms in total. The summed E-state index contributed by atoms with van der Waals surface area (Å²) in [5.74, 6) is 0.165. The van der Waals surface area contributed by atoms with Crippen molar-refractivity contribution >= 4 is 27.6 Å². The highest BCUT2D eigenvalue weighted by atomic mass is 32.1. The molecular formula is C29H41N3O6S. The van der Waals surface area contributed by atoms with Crippen molar-refractivity contribution in [2.45, 2.75) is 65.3 Å². The minimum atomic E-state index is -0.831. The van der Waals surface area contributed by atoms with E-state index in [9.17, 15) is 19.8 Å². The maximum atomic E-state index is 13.1. The molecule has 2 aromatic carbocycles. The Labute approximate surface area is 233 Å². The van der Waals surface area contributed by atoms with E-state index < -0.39 is 11.7 Å². The number of aromatic amines is 1. The molecule has 0 bridgehead atoms. The molecule has 1 amide bonds. The molecule has 3 rings (SSSR count). The number of phenols is 1. The molecule has 0 aliphatic heterocycles. The highest BCUT2D eigenvalue weighted by Gasteiger charge is 2.30. The molecule has 10 heteroatoms. The first kappa shape index (κ1) is 30.6. The van der Waals surface area contributed by atoms with Crippen molar-refractivity contribution in [3.05, 3.63) is 62.8 Å². The zero-order chi connectivity index (χ0) is 28.7. The predicted octanol–water partition coefficient (Wildman–Crippen LogP) is 4.57. The number of phenolic OH excluding ortho intramolecular Hbond substituents is 1. The van der Waals surface area contributed by atoms with Crippen LogP contribution in [0, 0.1) is 5.92 Å². The van der Waals surface area contributed by atoms with Crippen LogP contribution in [0.4, 0.5) is 4.79 Å². The number of carbonyl (C=O) groups excluding carboxylic acids is 1. The van der Waals surface area contributed by atoms with Crippen LogP contribution in [0.5, 0.6) is 5.75 Å². The Morgan fingerprint density at radius 3 is 2.56 bits per heavy atom. The maximum Gasteiger partial charge on any atom is 0.410 e. The number of aliphatic hydroxyl groups excluding tert-OH is 1. The van der Waals surface area contributed by atoms with Gasteiger partial charge in [-0.2, -0.15) is 0 Å². The zero-order valence-corrected chi connectivity index (χ0v) is 24.4. The topological polar surface area (TPSA) is 124 Å². The second kappa shape index (κ2) is 13.4. The van der Waals surface area contributed by atoms with Gasteiger partial charge in [-0.25, -0.2) is 4.79 Å². The van der Waals surface area contributed by atoms with Gasteiger partial charge in [-0.1, -0.05) is 55.5 Å². The highest BCUT2D eigenvalue weighted by Crippen LogP contribution is 2.31. The van der Waals surface area contributed by atoms with Gasteiger partial charge >= 0.3 is 11.0 Å². The largest absolute Gasteiger partial charge is 0.506 e. The molecule has 0 saturated heterocycles. The van der Waals surface area contributed by atoms with Crippen LogP contribution in [0.15, 0.2) is 41.2 Å². The highest BCUT2D eigenvalue weighted by molar-refractivity contribution is 7.16. The van der Waals surface area contributed by atoms with Crippen molar-refractivity contribution in [1.82, 2.24) is 15.2 Å². The summed E-state index contributed by atoms with van der Waals surface area (Å²) < 4.78 is 11.7. The molecule has 1 aromatic heterocycles. The molecule has 0 radical (unpaired) electrons. The van der Waals surface area contributed by atoms with Crippen LogP contribution >= 0.6 is 11.3 Å². The first-order valence-corrected chi connectivity index (χ1v) is 14.0. The second-order valence-electron chi connectivity index (χ2n) is 11.1. The van der Waals surface area contributed by atoms with Gasteiger partial charge in [0.15, 0.2) is 0 Å². The van der Waals surface area contributed by atoms with Gasteiger partial charge in [-0.3, -0.25) is 9.69 Å². The Balaban J connectivity index is 1.63. The summed E-state index contributed by atoms with van der Waals surface area (Å²) >= 11 is 0.971. The SMILES string of the molecule is COCC(C(C)C)N(Cc1cccc(CCNCC(O)c2ccc(O)c3[nH]c(=O)sc23)c1)C(=O)OC(C)(C)C. The van der Waals surface area contributed by atoms with Gasteiger partial charge in [-0.15, -0.1) is 0 Å². The Hall–Kier alpha value is -2.92. The van der Waals surface area contributed by atoms with Crippen molar-refractivity contribution in [3.63, 3.8) is 0 Å². The third-order valence-electron chi connectivity index (χ3n) is 6.35. The monoisotopic (exact) mass is 559 g/mol. The lowest BCUT2D eigenvalue weighted by Gasteiger charge is -2.35. The lowest BCUT2D eigenvalue weighted by atomic mass is 10.0. The molecule has 0 aliphatic rings. The quantitative estimate of drug-likeness (QED) is 0.240. The number of amides is 1. The lowest BCUT2D eigenvalue weighted by molar-refractivity contribution is -0.00451. The number of benzene rings is 2. The normalized spacial score (nSPS) is 13.5. The minimum absolute atomic E-state index is 0.0145. The third kappa shape index (κ3) is 8.53. The summed E-state index contributed by atoms with van der Waals surface area (Å²) in [7, 11) is 1.64. The molecule has 1 heterocycles. The van der Waals surface area contributed by atoms with E-state index in [-0.39, 0.29) is 28.7 Å². The number of aliphatic hydroxyl groups is 1. The van der Waals surface area contributed by atoms with E-state index in [4.69, 9.17) is 9.47 Å². The number of methoxy groups -OCH3 is 1. The van der Waals surface area contributed by atoms with Crippen LogP contribution in [-0.4, -0.2) is 64.6 Å². The van der Waals surface area contributed by atoms with E-state index in [1.165, 1.54) is 6.07 Å². The van der Waals surface area contributed by atoms with Crippen molar-refractivity contribution in [3.8, 4) is 5.75 Å². The number of carbonyl (C=O) groups is 1. The molecule has 0 saturated carbocycles. The fourth-order valence-corrected chi connectivity index (χ4v) is 5.33. The Morgan fingerprint density at radius 2 is 1.90 bits per heavy atom. The molecule has 39 heavy (non-hydrogen) atoms. The van der Waals surface area contributed by atoms with Crippen molar-refractivity contribution < 1.29 is 24.5 Å². The Kier molecular flexibility index (Phi) is 10.5. The van der Waals surface area contributed by atoms with Crippen LogP contribution in [0.2, 0.25) is 0 Å². The Bertz CT molecular complexity index is 1300. The van der Waals surface area contributed by atoms with Crippen LogP contribution in [0.25, 0.3) is 10.2 Å². The summed E-state index contributed by atoms with van der Waals surface area (Å²) in [5.41, 5.74) is 2.44. The summed E-state index contributed by atoms with van der Waals surface area (Å²) in [5, 5.41) is 24.0. The number of fused-ring (bicyclic) bond motifs is 1. The van der Waals surface area contributed by atoms with E-state index in [2.05, 4.69) is 30.2 Å². The summed E-state index contributed by atoms with van der Waals surface area (Å²) in [4.78, 5) is 29.0. The number of ether oxygens (including phenoxy) is 2. The molecule has 2 unspecified atom stereocenters. The van der Waals surface area contributed by atoms with Gasteiger partial charge in [0.1, 0.15) is 16.9 Å². The molecule has 3 aromatic rings. The molecule has 4 N–H and O–H groups in total. The van der Waals surface area contributed by atoms with Crippen LogP contribution in [0.3, 0.4) is 0 Å². The first-order chi connectivity index (χ1) is 18.4. The van der Waals surface area contributed by atoms with Crippen LogP contribution in [-0.2, 0) is 22.4 Å². The van der Waals surface area contributed by atoms with Gasteiger partial charge in [0, 0.05) is 25.8 Å². The van der Waals surface area contributed by atoms with Gasteiger partial charge in [0.25, 0.3) is 0 Å². The minimum Gasteiger partial charge on any atom is -0.506 e. The first-order valence-electron chi connectivity index (χ1n) is 13.2. The smallest absolute Gasteiger partial charge is 0.410 e. The van der Waals surface area contributed by atoms with E-state index in [1.807, 2.05) is 39.0 Å². The maximum absolute atomic E-state index is 13.1. The molecule has 0 aliphatic carbocycles. The van der Waals surface area contributed by atoms with Gasteiger partial charge in [-0.05, 0) is 56.8 Å². The molecule has 214 valence electrons. The van der Waals surface area contributed by atoms with E-state index in [1.54, 1.807) is 18.1 Å². The fourth-order valence-electron chi connectivity index (χ4n) is 4.41. The molecular weight excluding hydrogens is 518 g/mol. The molecule has 0 fully saturated rings. The summed E-state index contributed by atoms with van der Waals surface area (Å²) in [6.07, 6.45) is -0.474. The van der Waals surface area contributed by atoms with E-state index in [0.717, 1.165) is 28.9 Å². The third-order valence-corrected chi connectivity index (χ3v) is 7.29. The Morgan fingerprint density at radius 1 is 1.18 bits per heavy atom. The standard InChI is InChI=1S/C29H41N3O6S/c1-18(2)22(17-37-6)32(28(36)38-29(3,4)5)16-20-9-7-8-19(14-20)12-13-30-15-24(34)21-10-11-23(33)25-26(21)39-27(35)31-25/h7-11,14,18,22,24,30,33-34H,12-13,15-17H2,1-6H3,(H,31,35). The molecule has 2 atom stereocenters. The number of H-pyrrole nitrogens is 1. The fraction of sp³-hybridized carbons (Fsp3) is 0.517. The average Bonchev–Trinajstić information content (AvgIpc) is 3.25. The van der Waals surface area contributed by atoms with Crippen LogP contribution < -0.4 is 10.2 Å². The van der Waals surface area contributed by atoms with Gasteiger partial charge in [0.2, 0.25) is 0 Å². The van der Waals surface area contributed by atoms with E-state index >= 15 is 0 Å². The van der Waals surface area contributed by atoms with Crippen molar-refractivity contribution in [2.24, 2.45) is 5.92 Å². The number of nitrogens with one attached hydrogen (secondary N) is 2. The number of nitrogens with zero attached hydrogens (tertiary/aromatic N) is 1. The summed E-state index contributed by atoms with van der Waals surface area (Å²) in [6.45, 7) is 11.4. The number of rotatable bonds is 12. The number of aromatic nitrogens is 1. The predicted molar refractivity (Wildman–Crippen MR) is 154 cm³/mol. The number of aromatic hydroxyl groups is 1. The number of hydrogen-bond acceptors (Lipinski definition) is 8. The van der Waals surface area contributed by atoms with Gasteiger partial charge in [0.05, 0.1) is 23.5 Å². The lowest BCUT2D eigenvalue weighted by Crippen LogP contribution is -2.47. The average molecular weight is 560 g/mol. The van der Waals surface area contributed by atoms with Crippen molar-refractivity contribution in [1.29, 1.82) is 0 Å². The zero-order valence-electron chi connectivity index (χ0n) is 23.6. The summed E-state index contributed by atoms with van der Waals surface area (Å²) in [6, 6.07) is 11.1. The van der Waals surface area contributed by atoms with E-state index in [0.29, 0.717) is 42.0 Å². The number of hydrogen-bond donors (Lipinski definition) is 4. The van der Waals surface area contributed by atoms with Gasteiger partial charge < -0.3 is 30.0 Å². The second-order valence-corrected chi connectivity index (χ2v) is 12.0.